The van der Waals surface area contributed by atoms with Gasteiger partial charge in [0.1, 0.15) is 5.82 Å². The van der Waals surface area contributed by atoms with E-state index in [1.165, 1.54) is 11.1 Å². The van der Waals surface area contributed by atoms with Crippen LogP contribution in [0.15, 0.2) is 18.2 Å². The van der Waals surface area contributed by atoms with E-state index in [2.05, 4.69) is 60.8 Å². The molecule has 2 rings (SSSR count). The number of hydrogen-bond donors (Lipinski definition) is 1. The molecule has 1 heterocycles. The molecule has 0 atom stereocenters. The largest absolute Gasteiger partial charge is 0.378 e. The van der Waals surface area contributed by atoms with Crippen LogP contribution < -0.4 is 5.32 Å². The number of benzene rings is 1. The van der Waals surface area contributed by atoms with E-state index in [1.807, 2.05) is 6.07 Å². The first-order chi connectivity index (χ1) is 10.1. The molecule has 0 saturated carbocycles. The number of anilines is 1. The van der Waals surface area contributed by atoms with E-state index in [9.17, 15) is 0 Å². The maximum atomic E-state index is 5.26. The summed E-state index contributed by atoms with van der Waals surface area (Å²) in [6, 6.07) is 6.21. The van der Waals surface area contributed by atoms with Crippen molar-refractivity contribution in [3.05, 3.63) is 38.6 Å². The first-order valence-corrected chi connectivity index (χ1v) is 8.02. The molecule has 0 amide bonds. The topological polar surface area (TPSA) is 47.0 Å². The Bertz CT molecular complexity index is 616. The second-order valence-electron chi connectivity index (χ2n) is 4.87. The quantitative estimate of drug-likeness (QED) is 0.777. The lowest BCUT2D eigenvalue weighted by atomic mass is 10.0. The number of rotatable bonds is 5. The lowest BCUT2D eigenvalue weighted by Gasteiger charge is -2.13. The third-order valence-corrected chi connectivity index (χ3v) is 4.52. The lowest BCUT2D eigenvalue weighted by molar-refractivity contribution is 0.181. The van der Waals surface area contributed by atoms with Crippen molar-refractivity contribution in [3.8, 4) is 11.4 Å². The SMILES string of the molecule is CCNc1nc(-c2cccc(C)c2C)nc(COC)c1I. The highest BCUT2D eigenvalue weighted by molar-refractivity contribution is 14.1. The zero-order chi connectivity index (χ0) is 15.4. The van der Waals surface area contributed by atoms with Gasteiger partial charge in [-0.25, -0.2) is 9.97 Å². The van der Waals surface area contributed by atoms with Crippen molar-refractivity contribution >= 4 is 28.4 Å². The van der Waals surface area contributed by atoms with Gasteiger partial charge in [0.05, 0.1) is 15.9 Å². The van der Waals surface area contributed by atoms with E-state index < -0.39 is 0 Å². The first kappa shape index (κ1) is 16.2. The molecular weight excluding hydrogens is 377 g/mol. The zero-order valence-corrected chi connectivity index (χ0v) is 15.0. The smallest absolute Gasteiger partial charge is 0.162 e. The Morgan fingerprint density at radius 3 is 2.67 bits per heavy atom. The Morgan fingerprint density at radius 2 is 2.00 bits per heavy atom. The van der Waals surface area contributed by atoms with Gasteiger partial charge in [-0.05, 0) is 54.5 Å². The monoisotopic (exact) mass is 397 g/mol. The number of aromatic nitrogens is 2. The van der Waals surface area contributed by atoms with Crippen molar-refractivity contribution in [2.75, 3.05) is 19.0 Å². The minimum absolute atomic E-state index is 0.483. The lowest BCUT2D eigenvalue weighted by Crippen LogP contribution is -2.09. The van der Waals surface area contributed by atoms with Gasteiger partial charge in [0, 0.05) is 19.2 Å². The summed E-state index contributed by atoms with van der Waals surface area (Å²) in [6.45, 7) is 7.58. The summed E-state index contributed by atoms with van der Waals surface area (Å²) >= 11 is 2.27. The predicted molar refractivity (Wildman–Crippen MR) is 94.5 cm³/mol. The number of aryl methyl sites for hydroxylation is 1. The molecule has 0 radical (unpaired) electrons. The average Bonchev–Trinajstić information content (AvgIpc) is 2.46. The van der Waals surface area contributed by atoms with Gasteiger partial charge in [-0.2, -0.15) is 0 Å². The minimum atomic E-state index is 0.483. The zero-order valence-electron chi connectivity index (χ0n) is 12.8. The fraction of sp³-hybridized carbons (Fsp3) is 0.375. The highest BCUT2D eigenvalue weighted by Crippen LogP contribution is 2.27. The van der Waals surface area contributed by atoms with Crippen LogP contribution in [-0.2, 0) is 11.3 Å². The molecule has 1 N–H and O–H groups in total. The summed E-state index contributed by atoms with van der Waals surface area (Å²) in [7, 11) is 1.68. The molecule has 0 fully saturated rings. The summed E-state index contributed by atoms with van der Waals surface area (Å²) in [4.78, 5) is 9.39. The molecule has 1 aromatic heterocycles. The highest BCUT2D eigenvalue weighted by atomic mass is 127. The molecule has 0 bridgehead atoms. The van der Waals surface area contributed by atoms with Crippen molar-refractivity contribution in [1.82, 2.24) is 9.97 Å². The van der Waals surface area contributed by atoms with Crippen LogP contribution in [0.4, 0.5) is 5.82 Å². The second-order valence-corrected chi connectivity index (χ2v) is 5.95. The molecular formula is C16H20IN3O. The fourth-order valence-electron chi connectivity index (χ4n) is 2.12. The molecule has 21 heavy (non-hydrogen) atoms. The van der Waals surface area contributed by atoms with E-state index in [1.54, 1.807) is 7.11 Å². The van der Waals surface area contributed by atoms with E-state index in [0.29, 0.717) is 6.61 Å². The molecule has 1 aromatic carbocycles. The maximum absolute atomic E-state index is 5.26. The predicted octanol–water partition coefficient (Wildman–Crippen LogP) is 3.94. The van der Waals surface area contributed by atoms with Crippen LogP contribution in [0.2, 0.25) is 0 Å². The molecule has 4 nitrogen and oxygen atoms in total. The van der Waals surface area contributed by atoms with Crippen molar-refractivity contribution in [3.63, 3.8) is 0 Å². The summed E-state index contributed by atoms with van der Waals surface area (Å²) in [5, 5.41) is 3.30. The minimum Gasteiger partial charge on any atom is -0.378 e. The third kappa shape index (κ3) is 3.52. The number of ether oxygens (including phenoxy) is 1. The summed E-state index contributed by atoms with van der Waals surface area (Å²) in [5.41, 5.74) is 4.44. The fourth-order valence-corrected chi connectivity index (χ4v) is 2.71. The van der Waals surface area contributed by atoms with Crippen LogP contribution in [0, 0.1) is 17.4 Å². The van der Waals surface area contributed by atoms with Gasteiger partial charge in [0.15, 0.2) is 5.82 Å². The molecule has 0 aliphatic heterocycles. The third-order valence-electron chi connectivity index (χ3n) is 3.39. The Balaban J connectivity index is 2.60. The number of methoxy groups -OCH3 is 1. The van der Waals surface area contributed by atoms with Crippen LogP contribution in [0.1, 0.15) is 23.7 Å². The maximum Gasteiger partial charge on any atom is 0.162 e. The van der Waals surface area contributed by atoms with Gasteiger partial charge in [0.2, 0.25) is 0 Å². The average molecular weight is 397 g/mol. The molecule has 0 spiro atoms. The van der Waals surface area contributed by atoms with Crippen molar-refractivity contribution in [1.29, 1.82) is 0 Å². The van der Waals surface area contributed by atoms with Gasteiger partial charge >= 0.3 is 0 Å². The van der Waals surface area contributed by atoms with Crippen LogP contribution >= 0.6 is 22.6 Å². The number of hydrogen-bond acceptors (Lipinski definition) is 4. The Kier molecular flexibility index (Phi) is 5.52. The van der Waals surface area contributed by atoms with E-state index >= 15 is 0 Å². The number of nitrogens with zero attached hydrogens (tertiary/aromatic N) is 2. The number of halogens is 1. The molecule has 0 aliphatic rings. The summed E-state index contributed by atoms with van der Waals surface area (Å²) in [5.74, 6) is 1.62. The van der Waals surface area contributed by atoms with Gasteiger partial charge in [-0.1, -0.05) is 18.2 Å². The van der Waals surface area contributed by atoms with E-state index in [-0.39, 0.29) is 0 Å². The van der Waals surface area contributed by atoms with Crippen LogP contribution in [-0.4, -0.2) is 23.6 Å². The standard InChI is InChI=1S/C16H20IN3O/c1-5-18-16-14(17)13(9-21-4)19-15(20-16)12-8-6-7-10(2)11(12)3/h6-8H,5,9H2,1-4H3,(H,18,19,20). The molecule has 0 saturated heterocycles. The van der Waals surface area contributed by atoms with Crippen molar-refractivity contribution in [2.24, 2.45) is 0 Å². The first-order valence-electron chi connectivity index (χ1n) is 6.94. The van der Waals surface area contributed by atoms with Gasteiger partial charge < -0.3 is 10.1 Å². The summed E-state index contributed by atoms with van der Waals surface area (Å²) in [6.07, 6.45) is 0. The molecule has 112 valence electrons. The van der Waals surface area contributed by atoms with Crippen LogP contribution in [0.3, 0.4) is 0 Å². The Morgan fingerprint density at radius 1 is 1.24 bits per heavy atom. The molecule has 2 aromatic rings. The Labute approximate surface area is 139 Å². The number of nitrogens with one attached hydrogen (secondary N) is 1. The highest BCUT2D eigenvalue weighted by Gasteiger charge is 2.14. The van der Waals surface area contributed by atoms with Crippen molar-refractivity contribution in [2.45, 2.75) is 27.4 Å². The summed E-state index contributed by atoms with van der Waals surface area (Å²) < 4.78 is 6.28. The van der Waals surface area contributed by atoms with E-state index in [0.717, 1.165) is 33.0 Å². The molecule has 0 aliphatic carbocycles. The second kappa shape index (κ2) is 7.17. The van der Waals surface area contributed by atoms with Gasteiger partial charge in [-0.15, -0.1) is 0 Å². The van der Waals surface area contributed by atoms with Crippen molar-refractivity contribution < 1.29 is 4.74 Å². The molecule has 0 unspecified atom stereocenters. The normalized spacial score (nSPS) is 10.7. The Hall–Kier alpha value is -1.21. The van der Waals surface area contributed by atoms with Gasteiger partial charge in [0.25, 0.3) is 0 Å². The van der Waals surface area contributed by atoms with Crippen LogP contribution in [0.5, 0.6) is 0 Å². The molecule has 5 heteroatoms. The van der Waals surface area contributed by atoms with Crippen LogP contribution in [0.25, 0.3) is 11.4 Å². The van der Waals surface area contributed by atoms with Gasteiger partial charge in [-0.3, -0.25) is 0 Å². The van der Waals surface area contributed by atoms with E-state index in [4.69, 9.17) is 14.7 Å².